The average Bonchev–Trinajstić information content (AvgIpc) is 3.40. The summed E-state index contributed by atoms with van der Waals surface area (Å²) in [7, 11) is 3.21. The first-order valence-corrected chi connectivity index (χ1v) is 9.23. The first-order valence-electron chi connectivity index (χ1n) is 9.23. The number of hydrogen-bond donors (Lipinski definition) is 3. The van der Waals surface area contributed by atoms with Gasteiger partial charge in [-0.15, -0.1) is 0 Å². The van der Waals surface area contributed by atoms with Gasteiger partial charge in [-0.3, -0.25) is 5.10 Å². The van der Waals surface area contributed by atoms with E-state index in [1.165, 1.54) is 0 Å². The van der Waals surface area contributed by atoms with Crippen molar-refractivity contribution in [3.05, 3.63) is 55.0 Å². The molecule has 0 bridgehead atoms. The van der Waals surface area contributed by atoms with Crippen LogP contribution < -0.4 is 20.5 Å². The molecule has 0 amide bonds. The maximum atomic E-state index is 5.88. The van der Waals surface area contributed by atoms with Crippen molar-refractivity contribution in [2.75, 3.05) is 25.3 Å². The van der Waals surface area contributed by atoms with Crippen molar-refractivity contribution in [3.63, 3.8) is 0 Å². The summed E-state index contributed by atoms with van der Waals surface area (Å²) in [5.41, 5.74) is 9.95. The predicted octanol–water partition coefficient (Wildman–Crippen LogP) is 3.62. The summed E-state index contributed by atoms with van der Waals surface area (Å²) in [5.74, 6) is 2.38. The van der Waals surface area contributed by atoms with Crippen LogP contribution in [0, 0.1) is 0 Å². The lowest BCUT2D eigenvalue weighted by atomic mass is 10.1. The number of H-pyrrole nitrogens is 1. The van der Waals surface area contributed by atoms with Gasteiger partial charge in [0.1, 0.15) is 0 Å². The second kappa shape index (κ2) is 6.96. The average molecular weight is 401 g/mol. The molecule has 3 heterocycles. The number of methoxy groups -OCH3 is 2. The van der Waals surface area contributed by atoms with Crippen molar-refractivity contribution in [1.29, 1.82) is 0 Å². The molecule has 3 aromatic heterocycles. The summed E-state index contributed by atoms with van der Waals surface area (Å²) < 4.78 is 12.6. The molecule has 4 N–H and O–H groups in total. The van der Waals surface area contributed by atoms with Crippen molar-refractivity contribution < 1.29 is 9.47 Å². The van der Waals surface area contributed by atoms with Gasteiger partial charge in [0.05, 0.1) is 25.4 Å². The molecular weight excluding hydrogens is 382 g/mol. The molecular formula is C21H19N7O2. The molecule has 9 nitrogen and oxygen atoms in total. The van der Waals surface area contributed by atoms with Gasteiger partial charge in [0, 0.05) is 41.3 Å². The van der Waals surface area contributed by atoms with Gasteiger partial charge in [-0.25, -0.2) is 9.97 Å². The summed E-state index contributed by atoms with van der Waals surface area (Å²) >= 11 is 0. The minimum atomic E-state index is 0.477. The SMILES string of the molecule is COc1ccc(Nc2nc(-c3ccc4c(N)n[nH]c4c3)cn3ccnc23)cc1OC. The lowest BCUT2D eigenvalue weighted by molar-refractivity contribution is 0.355. The number of benzene rings is 2. The maximum Gasteiger partial charge on any atom is 0.180 e. The number of hydrogen-bond acceptors (Lipinski definition) is 7. The minimum absolute atomic E-state index is 0.477. The van der Waals surface area contributed by atoms with E-state index >= 15 is 0 Å². The second-order valence-electron chi connectivity index (χ2n) is 6.70. The topological polar surface area (TPSA) is 115 Å². The minimum Gasteiger partial charge on any atom is -0.493 e. The fourth-order valence-corrected chi connectivity index (χ4v) is 3.41. The summed E-state index contributed by atoms with van der Waals surface area (Å²) in [4.78, 5) is 9.25. The fourth-order valence-electron chi connectivity index (χ4n) is 3.41. The third kappa shape index (κ3) is 2.93. The van der Waals surface area contributed by atoms with Crippen LogP contribution in [0.1, 0.15) is 0 Å². The Kier molecular flexibility index (Phi) is 4.13. The highest BCUT2D eigenvalue weighted by molar-refractivity contribution is 5.91. The van der Waals surface area contributed by atoms with Crippen molar-refractivity contribution in [2.45, 2.75) is 0 Å². The Balaban J connectivity index is 1.59. The first-order chi connectivity index (χ1) is 14.7. The Morgan fingerprint density at radius 3 is 2.77 bits per heavy atom. The second-order valence-corrected chi connectivity index (χ2v) is 6.70. The molecule has 0 fully saturated rings. The predicted molar refractivity (Wildman–Crippen MR) is 115 cm³/mol. The summed E-state index contributed by atoms with van der Waals surface area (Å²) in [6.07, 6.45) is 5.55. The highest BCUT2D eigenvalue weighted by Gasteiger charge is 2.12. The molecule has 5 rings (SSSR count). The number of anilines is 3. The van der Waals surface area contributed by atoms with Crippen LogP contribution in [0.4, 0.5) is 17.3 Å². The molecule has 5 aromatic rings. The molecule has 0 saturated heterocycles. The molecule has 2 aromatic carbocycles. The van der Waals surface area contributed by atoms with E-state index in [0.717, 1.165) is 27.8 Å². The van der Waals surface area contributed by atoms with Gasteiger partial charge in [-0.2, -0.15) is 5.10 Å². The van der Waals surface area contributed by atoms with E-state index < -0.39 is 0 Å². The van der Waals surface area contributed by atoms with E-state index in [9.17, 15) is 0 Å². The number of aromatic amines is 1. The van der Waals surface area contributed by atoms with Crippen molar-refractivity contribution in [3.8, 4) is 22.8 Å². The van der Waals surface area contributed by atoms with Gasteiger partial charge in [-0.1, -0.05) is 6.07 Å². The third-order valence-electron chi connectivity index (χ3n) is 4.91. The summed E-state index contributed by atoms with van der Waals surface area (Å²) in [6, 6.07) is 11.5. The van der Waals surface area contributed by atoms with E-state index in [-0.39, 0.29) is 0 Å². The van der Waals surface area contributed by atoms with Crippen LogP contribution in [0.5, 0.6) is 11.5 Å². The number of ether oxygens (including phenoxy) is 2. The largest absolute Gasteiger partial charge is 0.493 e. The number of nitrogens with one attached hydrogen (secondary N) is 2. The number of fused-ring (bicyclic) bond motifs is 2. The molecule has 0 atom stereocenters. The smallest absolute Gasteiger partial charge is 0.180 e. The number of nitrogens with zero attached hydrogens (tertiary/aromatic N) is 4. The molecule has 0 aliphatic carbocycles. The van der Waals surface area contributed by atoms with Crippen LogP contribution in [-0.2, 0) is 0 Å². The van der Waals surface area contributed by atoms with Crippen molar-refractivity contribution in [1.82, 2.24) is 24.6 Å². The van der Waals surface area contributed by atoms with E-state index in [1.54, 1.807) is 20.4 Å². The molecule has 0 saturated carbocycles. The number of nitrogens with two attached hydrogens (primary N) is 1. The van der Waals surface area contributed by atoms with Crippen molar-refractivity contribution >= 4 is 33.9 Å². The van der Waals surface area contributed by atoms with E-state index in [4.69, 9.17) is 20.2 Å². The first kappa shape index (κ1) is 17.8. The molecule has 0 aliphatic heterocycles. The number of nitrogen functional groups attached to an aromatic ring is 1. The monoisotopic (exact) mass is 401 g/mol. The number of rotatable bonds is 5. The standard InChI is InChI=1S/C21H19N7O2/c1-29-17-6-4-13(10-18(17)30-2)24-20-21-23-7-8-28(21)11-16(25-20)12-3-5-14-15(9-12)26-27-19(14)22/h3-11H,1-2H3,(H,24,25)(H3,22,26,27). The molecule has 0 unspecified atom stereocenters. The molecule has 0 spiro atoms. The highest BCUT2D eigenvalue weighted by atomic mass is 16.5. The number of imidazole rings is 1. The molecule has 30 heavy (non-hydrogen) atoms. The Labute approximate surface area is 171 Å². The van der Waals surface area contributed by atoms with Crippen LogP contribution >= 0.6 is 0 Å². The molecule has 0 radical (unpaired) electrons. The van der Waals surface area contributed by atoms with E-state index in [2.05, 4.69) is 20.5 Å². The van der Waals surface area contributed by atoms with Crippen LogP contribution in [0.25, 0.3) is 27.8 Å². The lowest BCUT2D eigenvalue weighted by Gasteiger charge is -2.12. The molecule has 150 valence electrons. The van der Waals surface area contributed by atoms with Gasteiger partial charge < -0.3 is 24.9 Å². The quantitative estimate of drug-likeness (QED) is 0.412. The van der Waals surface area contributed by atoms with Crippen LogP contribution in [0.15, 0.2) is 55.0 Å². The van der Waals surface area contributed by atoms with Gasteiger partial charge in [-0.05, 0) is 24.3 Å². The van der Waals surface area contributed by atoms with Gasteiger partial charge in [0.2, 0.25) is 0 Å². The van der Waals surface area contributed by atoms with Crippen LogP contribution in [-0.4, -0.2) is 38.8 Å². The zero-order valence-corrected chi connectivity index (χ0v) is 16.4. The van der Waals surface area contributed by atoms with Crippen molar-refractivity contribution in [2.24, 2.45) is 0 Å². The third-order valence-corrected chi connectivity index (χ3v) is 4.91. The Morgan fingerprint density at radius 1 is 1.07 bits per heavy atom. The normalized spacial score (nSPS) is 11.1. The van der Waals surface area contributed by atoms with Gasteiger partial charge >= 0.3 is 0 Å². The van der Waals surface area contributed by atoms with Crippen LogP contribution in [0.3, 0.4) is 0 Å². The maximum absolute atomic E-state index is 5.88. The molecule has 0 aliphatic rings. The molecule has 9 heteroatoms. The summed E-state index contributed by atoms with van der Waals surface area (Å²) in [6.45, 7) is 0. The fraction of sp³-hybridized carbons (Fsp3) is 0.0952. The Bertz CT molecular complexity index is 1370. The Hall–Kier alpha value is -4.27. The van der Waals surface area contributed by atoms with Gasteiger partial charge in [0.15, 0.2) is 28.8 Å². The lowest BCUT2D eigenvalue weighted by Crippen LogP contribution is -2.01. The number of aromatic nitrogens is 5. The Morgan fingerprint density at radius 2 is 1.93 bits per heavy atom. The van der Waals surface area contributed by atoms with E-state index in [1.807, 2.05) is 53.2 Å². The zero-order valence-electron chi connectivity index (χ0n) is 16.4. The van der Waals surface area contributed by atoms with Gasteiger partial charge in [0.25, 0.3) is 0 Å². The van der Waals surface area contributed by atoms with E-state index in [0.29, 0.717) is 28.8 Å². The van der Waals surface area contributed by atoms with Crippen LogP contribution in [0.2, 0.25) is 0 Å². The summed E-state index contributed by atoms with van der Waals surface area (Å²) in [5, 5.41) is 11.2. The highest BCUT2D eigenvalue weighted by Crippen LogP contribution is 2.32. The zero-order chi connectivity index (χ0) is 20.7.